The molecule has 120 valence electrons. The molecule has 0 fully saturated rings. The zero-order valence-electron chi connectivity index (χ0n) is 13.1. The number of nitrogens with one attached hydrogen (secondary N) is 1. The number of aryl methyl sites for hydroxylation is 1. The summed E-state index contributed by atoms with van der Waals surface area (Å²) < 4.78 is 28.2. The van der Waals surface area contributed by atoms with Crippen molar-refractivity contribution in [1.29, 1.82) is 0 Å². The minimum absolute atomic E-state index is 0.120. The van der Waals surface area contributed by atoms with E-state index >= 15 is 0 Å². The molecule has 21 heavy (non-hydrogen) atoms. The Morgan fingerprint density at radius 3 is 2.81 bits per heavy atom. The molecule has 0 aliphatic rings. The topological polar surface area (TPSA) is 67.2 Å². The van der Waals surface area contributed by atoms with Gasteiger partial charge in [0.05, 0.1) is 6.20 Å². The predicted octanol–water partition coefficient (Wildman–Crippen LogP) is 1.47. The van der Waals surface area contributed by atoms with E-state index in [0.29, 0.717) is 13.1 Å². The summed E-state index contributed by atoms with van der Waals surface area (Å²) >= 11 is 0. The fourth-order valence-corrected chi connectivity index (χ4v) is 3.55. The first-order valence-electron chi connectivity index (χ1n) is 7.29. The van der Waals surface area contributed by atoms with Crippen LogP contribution in [-0.2, 0) is 16.6 Å². The summed E-state index contributed by atoms with van der Waals surface area (Å²) in [6.45, 7) is 12.2. The molecule has 1 aromatic heterocycles. The second kappa shape index (κ2) is 8.31. The van der Waals surface area contributed by atoms with Crippen molar-refractivity contribution in [2.75, 3.05) is 19.6 Å². The van der Waals surface area contributed by atoms with E-state index in [1.807, 2.05) is 13.8 Å². The molecule has 0 aliphatic heterocycles. The third kappa shape index (κ3) is 4.94. The van der Waals surface area contributed by atoms with Gasteiger partial charge in [-0.15, -0.1) is 6.58 Å². The molecule has 0 bridgehead atoms. The smallest absolute Gasteiger partial charge is 0.246 e. The maximum absolute atomic E-state index is 12.6. The van der Waals surface area contributed by atoms with Crippen LogP contribution >= 0.6 is 0 Å². The zero-order chi connectivity index (χ0) is 15.9. The summed E-state index contributed by atoms with van der Waals surface area (Å²) in [5.41, 5.74) is 0. The van der Waals surface area contributed by atoms with E-state index in [-0.39, 0.29) is 10.9 Å². The zero-order valence-corrected chi connectivity index (χ0v) is 13.9. The first kappa shape index (κ1) is 17.9. The highest BCUT2D eigenvalue weighted by atomic mass is 32.2. The van der Waals surface area contributed by atoms with Crippen LogP contribution in [0.5, 0.6) is 0 Å². The van der Waals surface area contributed by atoms with E-state index in [1.54, 1.807) is 17.0 Å². The van der Waals surface area contributed by atoms with Crippen molar-refractivity contribution in [2.45, 2.75) is 44.7 Å². The fraction of sp³-hybridized carbons (Fsp3) is 0.643. The van der Waals surface area contributed by atoms with Crippen molar-refractivity contribution in [2.24, 2.45) is 0 Å². The van der Waals surface area contributed by atoms with Gasteiger partial charge in [-0.3, -0.25) is 4.68 Å². The predicted molar refractivity (Wildman–Crippen MR) is 84.6 cm³/mol. The second-order valence-electron chi connectivity index (χ2n) is 5.10. The summed E-state index contributed by atoms with van der Waals surface area (Å²) in [5.74, 6) is 0. The van der Waals surface area contributed by atoms with Gasteiger partial charge in [0.1, 0.15) is 4.90 Å². The number of hydrogen-bond donors (Lipinski definition) is 1. The Morgan fingerprint density at radius 2 is 2.24 bits per heavy atom. The maximum Gasteiger partial charge on any atom is 0.246 e. The Hall–Kier alpha value is -1.18. The van der Waals surface area contributed by atoms with Crippen molar-refractivity contribution in [3.8, 4) is 0 Å². The van der Waals surface area contributed by atoms with Crippen molar-refractivity contribution < 1.29 is 8.42 Å². The van der Waals surface area contributed by atoms with Crippen molar-refractivity contribution in [3.63, 3.8) is 0 Å². The highest BCUT2D eigenvalue weighted by molar-refractivity contribution is 7.89. The van der Waals surface area contributed by atoms with E-state index in [1.165, 1.54) is 10.5 Å². The summed E-state index contributed by atoms with van der Waals surface area (Å²) in [5, 5.41) is 7.37. The van der Waals surface area contributed by atoms with Gasteiger partial charge >= 0.3 is 0 Å². The van der Waals surface area contributed by atoms with Gasteiger partial charge in [0, 0.05) is 25.3 Å². The molecule has 1 rings (SSSR count). The molecule has 1 aromatic rings. The molecule has 0 unspecified atom stereocenters. The molecule has 0 spiro atoms. The molecule has 1 heterocycles. The van der Waals surface area contributed by atoms with Crippen LogP contribution in [0.3, 0.4) is 0 Å². The molecular formula is C14H26N4O2S. The largest absolute Gasteiger partial charge is 0.317 e. The Labute approximate surface area is 127 Å². The second-order valence-corrected chi connectivity index (χ2v) is 6.99. The Balaban J connectivity index is 2.79. The number of nitrogens with zero attached hydrogens (tertiary/aromatic N) is 3. The van der Waals surface area contributed by atoms with E-state index < -0.39 is 10.0 Å². The molecular weight excluding hydrogens is 288 g/mol. The molecule has 0 aromatic carbocycles. The lowest BCUT2D eigenvalue weighted by molar-refractivity contribution is 0.383. The summed E-state index contributed by atoms with van der Waals surface area (Å²) in [7, 11) is -3.51. The first-order chi connectivity index (χ1) is 9.93. The minimum atomic E-state index is -3.51. The van der Waals surface area contributed by atoms with Crippen LogP contribution < -0.4 is 5.32 Å². The molecule has 0 radical (unpaired) electrons. The molecule has 7 heteroatoms. The first-order valence-corrected chi connectivity index (χ1v) is 8.73. The van der Waals surface area contributed by atoms with Gasteiger partial charge in [-0.25, -0.2) is 8.42 Å². The standard InChI is InChI=1S/C14H26N4O2S/c1-5-9-18(13(3)4)21(19,20)14-11-16-17(12-14)10-7-8-15-6-2/h5,11-13,15H,1,6-10H2,2-4H3. The summed E-state index contributed by atoms with van der Waals surface area (Å²) in [4.78, 5) is 0.238. The summed E-state index contributed by atoms with van der Waals surface area (Å²) in [6, 6.07) is -0.120. The van der Waals surface area contributed by atoms with Gasteiger partial charge in [-0.1, -0.05) is 13.0 Å². The van der Waals surface area contributed by atoms with Crippen molar-refractivity contribution in [1.82, 2.24) is 19.4 Å². The van der Waals surface area contributed by atoms with E-state index in [2.05, 4.69) is 23.9 Å². The van der Waals surface area contributed by atoms with Gasteiger partial charge in [0.15, 0.2) is 0 Å². The molecule has 0 amide bonds. The van der Waals surface area contributed by atoms with Crippen LogP contribution in [0.15, 0.2) is 29.9 Å². The lowest BCUT2D eigenvalue weighted by Gasteiger charge is -2.23. The number of hydrogen-bond acceptors (Lipinski definition) is 4. The molecule has 0 saturated heterocycles. The Morgan fingerprint density at radius 1 is 1.52 bits per heavy atom. The molecule has 6 nitrogen and oxygen atoms in total. The highest BCUT2D eigenvalue weighted by Gasteiger charge is 2.27. The van der Waals surface area contributed by atoms with Crippen LogP contribution in [0, 0.1) is 0 Å². The lowest BCUT2D eigenvalue weighted by atomic mass is 10.4. The minimum Gasteiger partial charge on any atom is -0.317 e. The average Bonchev–Trinajstić information content (AvgIpc) is 2.90. The van der Waals surface area contributed by atoms with Gasteiger partial charge < -0.3 is 5.32 Å². The van der Waals surface area contributed by atoms with Crippen LogP contribution in [0.1, 0.15) is 27.2 Å². The fourth-order valence-electron chi connectivity index (χ4n) is 1.99. The normalized spacial score (nSPS) is 12.2. The van der Waals surface area contributed by atoms with Gasteiger partial charge in [0.2, 0.25) is 10.0 Å². The molecule has 0 aliphatic carbocycles. The third-order valence-electron chi connectivity index (χ3n) is 3.09. The van der Waals surface area contributed by atoms with Gasteiger partial charge in [-0.05, 0) is 33.4 Å². The van der Waals surface area contributed by atoms with Gasteiger partial charge in [-0.2, -0.15) is 9.40 Å². The molecule has 0 saturated carbocycles. The Kier molecular flexibility index (Phi) is 7.07. The molecule has 1 N–H and O–H groups in total. The summed E-state index contributed by atoms with van der Waals surface area (Å²) in [6.07, 6.45) is 5.52. The van der Waals surface area contributed by atoms with Crippen molar-refractivity contribution >= 4 is 10.0 Å². The van der Waals surface area contributed by atoms with Crippen LogP contribution in [0.25, 0.3) is 0 Å². The number of sulfonamides is 1. The Bertz CT molecular complexity index is 537. The number of aromatic nitrogens is 2. The van der Waals surface area contributed by atoms with Crippen LogP contribution in [0.2, 0.25) is 0 Å². The SMILES string of the molecule is C=CCN(C(C)C)S(=O)(=O)c1cnn(CCCNCC)c1. The maximum atomic E-state index is 12.6. The monoisotopic (exact) mass is 314 g/mol. The van der Waals surface area contributed by atoms with E-state index in [0.717, 1.165) is 19.5 Å². The van der Waals surface area contributed by atoms with E-state index in [4.69, 9.17) is 0 Å². The average molecular weight is 314 g/mol. The third-order valence-corrected chi connectivity index (χ3v) is 5.09. The van der Waals surface area contributed by atoms with Crippen molar-refractivity contribution in [3.05, 3.63) is 25.0 Å². The molecule has 0 atom stereocenters. The van der Waals surface area contributed by atoms with E-state index in [9.17, 15) is 8.42 Å². The highest BCUT2D eigenvalue weighted by Crippen LogP contribution is 2.17. The van der Waals surface area contributed by atoms with Gasteiger partial charge in [0.25, 0.3) is 0 Å². The lowest BCUT2D eigenvalue weighted by Crippen LogP contribution is -2.36. The number of rotatable bonds is 10. The quantitative estimate of drug-likeness (QED) is 0.524. The van der Waals surface area contributed by atoms with Crippen LogP contribution in [-0.4, -0.2) is 48.2 Å². The van der Waals surface area contributed by atoms with Crippen LogP contribution in [0.4, 0.5) is 0 Å².